The zero-order valence-corrected chi connectivity index (χ0v) is 27.0. The quantitative estimate of drug-likeness (QED) is 0.187. The van der Waals surface area contributed by atoms with Gasteiger partial charge in [0, 0.05) is 43.9 Å². The van der Waals surface area contributed by atoms with Gasteiger partial charge in [-0.1, -0.05) is 158 Å². The first-order valence-electron chi connectivity index (χ1n) is 17.0. The van der Waals surface area contributed by atoms with E-state index in [4.69, 9.17) is 19.4 Å². The third-order valence-corrected chi connectivity index (χ3v) is 9.86. The zero-order chi connectivity index (χ0) is 33.0. The number of fused-ring (bicyclic) bond motifs is 6. The molecule has 2 atom stereocenters. The van der Waals surface area contributed by atoms with Crippen molar-refractivity contribution in [3.63, 3.8) is 0 Å². The number of furan rings is 1. The summed E-state index contributed by atoms with van der Waals surface area (Å²) in [5.74, 6) is 2.42. The van der Waals surface area contributed by atoms with Crippen LogP contribution in [-0.2, 0) is 0 Å². The van der Waals surface area contributed by atoms with Gasteiger partial charge in [-0.05, 0) is 17.7 Å². The van der Waals surface area contributed by atoms with E-state index in [0.717, 1.165) is 38.9 Å². The van der Waals surface area contributed by atoms with Gasteiger partial charge in [0.15, 0.2) is 11.6 Å². The molecule has 0 radical (unpaired) electrons. The average molecular weight is 643 g/mol. The fraction of sp³-hybridized carbons (Fsp3) is 0.0444. The fourth-order valence-corrected chi connectivity index (χ4v) is 7.63. The molecule has 9 aromatic rings. The predicted molar refractivity (Wildman–Crippen MR) is 202 cm³/mol. The van der Waals surface area contributed by atoms with E-state index in [1.165, 1.54) is 27.4 Å². The number of hydrogen-bond donors (Lipinski definition) is 0. The van der Waals surface area contributed by atoms with Crippen molar-refractivity contribution in [1.82, 2.24) is 19.5 Å². The Hall–Kier alpha value is -6.59. The number of nitrogens with zero attached hydrogens (tertiary/aromatic N) is 4. The zero-order valence-electron chi connectivity index (χ0n) is 27.0. The summed E-state index contributed by atoms with van der Waals surface area (Å²) in [4.78, 5) is 15.6. The van der Waals surface area contributed by atoms with E-state index in [-0.39, 0.29) is 12.0 Å². The first kappa shape index (κ1) is 28.4. The normalized spacial score (nSPS) is 15.5. The third-order valence-electron chi connectivity index (χ3n) is 9.86. The number of benzene rings is 6. The molecule has 1 aliphatic carbocycles. The van der Waals surface area contributed by atoms with Crippen molar-refractivity contribution in [3.05, 3.63) is 181 Å². The molecule has 0 amide bonds. The highest BCUT2D eigenvalue weighted by atomic mass is 16.3. The topological polar surface area (TPSA) is 56.7 Å². The SMILES string of the molecule is C1=CC(n2c3ccccc3c3cccc(-c4ccccc4)c32)C(c2nc(-c3ccccc3)nc(-c3ccccc3)n2)c2oc3ccccc3c21. The molecule has 5 heteroatoms. The second-order valence-corrected chi connectivity index (χ2v) is 12.7. The lowest BCUT2D eigenvalue weighted by atomic mass is 9.86. The Morgan fingerprint density at radius 3 is 1.78 bits per heavy atom. The van der Waals surface area contributed by atoms with Gasteiger partial charge < -0.3 is 8.98 Å². The predicted octanol–water partition coefficient (Wildman–Crippen LogP) is 11.1. The Labute approximate surface area is 288 Å². The van der Waals surface area contributed by atoms with Crippen LogP contribution < -0.4 is 0 Å². The number of aromatic nitrogens is 4. The third kappa shape index (κ3) is 4.51. The molecular weight excluding hydrogens is 613 g/mol. The van der Waals surface area contributed by atoms with Crippen LogP contribution in [0.15, 0.2) is 168 Å². The second kappa shape index (κ2) is 11.5. The van der Waals surface area contributed by atoms with E-state index in [1.54, 1.807) is 0 Å². The van der Waals surface area contributed by atoms with Crippen molar-refractivity contribution in [2.24, 2.45) is 0 Å². The molecule has 0 spiro atoms. The fourth-order valence-electron chi connectivity index (χ4n) is 7.63. The Kier molecular flexibility index (Phi) is 6.56. The summed E-state index contributed by atoms with van der Waals surface area (Å²) in [6.45, 7) is 0. The monoisotopic (exact) mass is 642 g/mol. The van der Waals surface area contributed by atoms with Crippen LogP contribution in [-0.4, -0.2) is 19.5 Å². The van der Waals surface area contributed by atoms with Crippen LogP contribution in [0.25, 0.3) is 72.8 Å². The summed E-state index contributed by atoms with van der Waals surface area (Å²) in [6, 6.07) is 54.3. The molecule has 3 aromatic heterocycles. The van der Waals surface area contributed by atoms with Crippen LogP contribution in [0.1, 0.15) is 29.1 Å². The van der Waals surface area contributed by atoms with Gasteiger partial charge in [0.2, 0.25) is 0 Å². The highest BCUT2D eigenvalue weighted by molar-refractivity contribution is 6.13. The summed E-state index contributed by atoms with van der Waals surface area (Å²) >= 11 is 0. The molecule has 5 nitrogen and oxygen atoms in total. The first-order valence-corrected chi connectivity index (χ1v) is 17.0. The smallest absolute Gasteiger partial charge is 0.163 e. The van der Waals surface area contributed by atoms with Crippen molar-refractivity contribution < 1.29 is 4.42 Å². The molecule has 236 valence electrons. The van der Waals surface area contributed by atoms with Crippen LogP contribution in [0.4, 0.5) is 0 Å². The van der Waals surface area contributed by atoms with Crippen LogP contribution in [0, 0.1) is 0 Å². The Morgan fingerprint density at radius 2 is 1.08 bits per heavy atom. The van der Waals surface area contributed by atoms with Gasteiger partial charge in [-0.2, -0.15) is 0 Å². The van der Waals surface area contributed by atoms with Crippen LogP contribution >= 0.6 is 0 Å². The van der Waals surface area contributed by atoms with Crippen LogP contribution in [0.3, 0.4) is 0 Å². The summed E-state index contributed by atoms with van der Waals surface area (Å²) in [5.41, 5.74) is 8.43. The van der Waals surface area contributed by atoms with E-state index in [9.17, 15) is 0 Å². The maximum Gasteiger partial charge on any atom is 0.163 e. The maximum atomic E-state index is 6.85. The molecule has 3 heterocycles. The Bertz CT molecular complexity index is 2650. The lowest BCUT2D eigenvalue weighted by Gasteiger charge is -2.29. The molecule has 0 aliphatic heterocycles. The summed E-state index contributed by atoms with van der Waals surface area (Å²) in [7, 11) is 0. The highest BCUT2D eigenvalue weighted by Gasteiger charge is 2.38. The minimum atomic E-state index is -0.363. The molecule has 2 unspecified atom stereocenters. The largest absolute Gasteiger partial charge is 0.460 e. The van der Waals surface area contributed by atoms with E-state index < -0.39 is 0 Å². The maximum absolute atomic E-state index is 6.85. The number of hydrogen-bond acceptors (Lipinski definition) is 4. The second-order valence-electron chi connectivity index (χ2n) is 12.7. The van der Waals surface area contributed by atoms with Gasteiger partial charge in [-0.3, -0.25) is 0 Å². The van der Waals surface area contributed by atoms with Crippen molar-refractivity contribution >= 4 is 38.9 Å². The molecule has 0 fully saturated rings. The van der Waals surface area contributed by atoms with Crippen LogP contribution in [0.5, 0.6) is 0 Å². The van der Waals surface area contributed by atoms with Crippen molar-refractivity contribution in [2.45, 2.75) is 12.0 Å². The highest BCUT2D eigenvalue weighted by Crippen LogP contribution is 2.49. The first-order chi connectivity index (χ1) is 24.8. The standard InChI is InChI=1S/C45H30N4O/c1-4-15-29(16-5-1)32-23-14-24-35-33-21-10-12-25-37(33)49(41(32)35)38-28-27-36-34-22-11-13-26-39(34)50-42(36)40(38)45-47-43(30-17-6-2-7-18-30)46-44(48-45)31-19-8-3-9-20-31/h1-28,38,40H. The molecule has 0 saturated carbocycles. The summed E-state index contributed by atoms with van der Waals surface area (Å²) in [5, 5.41) is 3.48. The molecule has 10 rings (SSSR count). The lowest BCUT2D eigenvalue weighted by Crippen LogP contribution is -2.23. The van der Waals surface area contributed by atoms with E-state index in [1.807, 2.05) is 48.5 Å². The van der Waals surface area contributed by atoms with Crippen LogP contribution in [0.2, 0.25) is 0 Å². The lowest BCUT2D eigenvalue weighted by molar-refractivity contribution is 0.441. The minimum absolute atomic E-state index is 0.218. The average Bonchev–Trinajstić information content (AvgIpc) is 3.74. The molecule has 1 aliphatic rings. The van der Waals surface area contributed by atoms with Crippen molar-refractivity contribution in [2.75, 3.05) is 0 Å². The van der Waals surface area contributed by atoms with Gasteiger partial charge in [0.05, 0.1) is 11.6 Å². The van der Waals surface area contributed by atoms with E-state index in [2.05, 4.69) is 126 Å². The number of para-hydroxylation sites is 3. The Balaban J connectivity index is 1.30. The number of allylic oxidation sites excluding steroid dienone is 1. The van der Waals surface area contributed by atoms with Crippen molar-refractivity contribution in [3.8, 4) is 33.9 Å². The summed E-state index contributed by atoms with van der Waals surface area (Å²) in [6.07, 6.45) is 4.54. The van der Waals surface area contributed by atoms with Gasteiger partial charge in [0.1, 0.15) is 23.1 Å². The molecule has 0 N–H and O–H groups in total. The van der Waals surface area contributed by atoms with Gasteiger partial charge >= 0.3 is 0 Å². The van der Waals surface area contributed by atoms with Crippen molar-refractivity contribution in [1.29, 1.82) is 0 Å². The molecule has 50 heavy (non-hydrogen) atoms. The summed E-state index contributed by atoms with van der Waals surface area (Å²) < 4.78 is 9.34. The van der Waals surface area contributed by atoms with Gasteiger partial charge in [-0.25, -0.2) is 15.0 Å². The molecule has 0 saturated heterocycles. The van der Waals surface area contributed by atoms with E-state index >= 15 is 0 Å². The van der Waals surface area contributed by atoms with E-state index in [0.29, 0.717) is 17.5 Å². The molecule has 6 aromatic carbocycles. The minimum Gasteiger partial charge on any atom is -0.460 e. The Morgan fingerprint density at radius 1 is 0.500 bits per heavy atom. The molecular formula is C45H30N4O. The van der Waals surface area contributed by atoms with Gasteiger partial charge in [-0.15, -0.1) is 0 Å². The van der Waals surface area contributed by atoms with Gasteiger partial charge in [0.25, 0.3) is 0 Å². The molecule has 0 bridgehead atoms. The number of rotatable bonds is 5.